The summed E-state index contributed by atoms with van der Waals surface area (Å²) in [6.45, 7) is 0. The van der Waals surface area contributed by atoms with Crippen molar-refractivity contribution >= 4 is 27.4 Å². The maximum atomic E-state index is 13.9. The molecule has 0 saturated heterocycles. The zero-order valence-corrected chi connectivity index (χ0v) is 11.0. The molecule has 22 heavy (non-hydrogen) atoms. The summed E-state index contributed by atoms with van der Waals surface area (Å²) >= 11 is 0.205. The highest BCUT2D eigenvalue weighted by molar-refractivity contribution is 7.21. The predicted octanol–water partition coefficient (Wildman–Crippen LogP) is 4.89. The monoisotopic (exact) mass is 346 g/mol. The first-order valence-corrected chi connectivity index (χ1v) is 6.30. The van der Waals surface area contributed by atoms with Gasteiger partial charge in [0.2, 0.25) is 0 Å². The zero-order chi connectivity index (χ0) is 16.9. The van der Waals surface area contributed by atoms with Crippen molar-refractivity contribution in [3.8, 4) is 0 Å². The Morgan fingerprint density at radius 1 is 1.00 bits per heavy atom. The van der Waals surface area contributed by atoms with Gasteiger partial charge >= 0.3 is 24.0 Å². The molecule has 120 valence electrons. The number of rotatable bonds is 3. The van der Waals surface area contributed by atoms with Crippen LogP contribution in [-0.4, -0.2) is 23.2 Å². The van der Waals surface area contributed by atoms with E-state index in [0.29, 0.717) is 0 Å². The molecule has 0 spiro atoms. The highest BCUT2D eigenvalue weighted by atomic mass is 32.1. The molecule has 0 fully saturated rings. The summed E-state index contributed by atoms with van der Waals surface area (Å²) in [4.78, 5) is 9.71. The van der Waals surface area contributed by atoms with Crippen LogP contribution in [0.15, 0.2) is 24.3 Å². The Balaban J connectivity index is 2.83. The molecular weight excluding hydrogens is 341 g/mol. The number of hydrogen-bond acceptors (Lipinski definition) is 2. The van der Waals surface area contributed by atoms with Gasteiger partial charge in [0.1, 0.15) is 4.88 Å². The fraction of sp³-hybridized carbons (Fsp3) is 0.250. The average Bonchev–Trinajstić information content (AvgIpc) is 2.77. The molecule has 2 aromatic rings. The maximum Gasteiger partial charge on any atom is 0.460 e. The van der Waals surface area contributed by atoms with E-state index in [4.69, 9.17) is 5.11 Å². The Labute approximate surface area is 121 Å². The third-order valence-corrected chi connectivity index (χ3v) is 4.01. The van der Waals surface area contributed by atoms with Crippen LogP contribution in [0, 0.1) is 0 Å². The molecule has 0 aliphatic heterocycles. The molecule has 0 radical (unpaired) electrons. The zero-order valence-electron chi connectivity index (χ0n) is 10.2. The van der Waals surface area contributed by atoms with E-state index >= 15 is 0 Å². The van der Waals surface area contributed by atoms with Crippen LogP contribution in [0.5, 0.6) is 0 Å². The molecule has 2 nitrogen and oxygen atoms in total. The third kappa shape index (κ3) is 2.21. The number of carboxylic acids is 1. The van der Waals surface area contributed by atoms with Crippen LogP contribution >= 0.6 is 11.3 Å². The van der Waals surface area contributed by atoms with Crippen LogP contribution in [0.4, 0.5) is 30.7 Å². The van der Waals surface area contributed by atoms with Gasteiger partial charge in [0, 0.05) is 10.1 Å². The van der Waals surface area contributed by atoms with Crippen molar-refractivity contribution in [2.45, 2.75) is 18.0 Å². The summed E-state index contributed by atoms with van der Waals surface area (Å²) in [5.74, 6) is -14.1. The van der Waals surface area contributed by atoms with E-state index in [9.17, 15) is 35.5 Å². The SMILES string of the molecule is O=C(O)c1sc2ccccc2c1C(F)(F)C(F)(F)C(F)(F)F. The molecular formula is C12H5F7O2S. The van der Waals surface area contributed by atoms with Crippen molar-refractivity contribution in [3.63, 3.8) is 0 Å². The number of carboxylic acid groups (broad SMARTS) is 1. The first-order valence-electron chi connectivity index (χ1n) is 5.49. The van der Waals surface area contributed by atoms with E-state index in [-0.39, 0.29) is 16.0 Å². The quantitative estimate of drug-likeness (QED) is 0.804. The minimum absolute atomic E-state index is 0.132. The lowest BCUT2D eigenvalue weighted by atomic mass is 9.98. The molecule has 1 N–H and O–H groups in total. The normalized spacial score (nSPS) is 13.6. The molecule has 10 heteroatoms. The summed E-state index contributed by atoms with van der Waals surface area (Å²) < 4.78 is 90.8. The van der Waals surface area contributed by atoms with Gasteiger partial charge in [-0.05, 0) is 6.07 Å². The Hall–Kier alpha value is -1.84. The lowest BCUT2D eigenvalue weighted by molar-refractivity contribution is -0.359. The van der Waals surface area contributed by atoms with Gasteiger partial charge in [-0.2, -0.15) is 30.7 Å². The fourth-order valence-electron chi connectivity index (χ4n) is 1.84. The number of carbonyl (C=O) groups is 1. The smallest absolute Gasteiger partial charge is 0.460 e. The summed E-state index contributed by atoms with van der Waals surface area (Å²) in [5.41, 5.74) is -1.83. The van der Waals surface area contributed by atoms with Crippen molar-refractivity contribution in [1.82, 2.24) is 0 Å². The van der Waals surface area contributed by atoms with E-state index in [1.165, 1.54) is 6.07 Å². The predicted molar refractivity (Wildman–Crippen MR) is 63.7 cm³/mol. The molecule has 0 atom stereocenters. The van der Waals surface area contributed by atoms with E-state index in [0.717, 1.165) is 18.2 Å². The highest BCUT2D eigenvalue weighted by Crippen LogP contribution is 2.55. The molecule has 0 unspecified atom stereocenters. The highest BCUT2D eigenvalue weighted by Gasteiger charge is 2.74. The average molecular weight is 346 g/mol. The summed E-state index contributed by atoms with van der Waals surface area (Å²) in [7, 11) is 0. The minimum Gasteiger partial charge on any atom is -0.477 e. The number of halogens is 7. The molecule has 0 aliphatic carbocycles. The third-order valence-electron chi connectivity index (χ3n) is 2.85. The van der Waals surface area contributed by atoms with Crippen molar-refractivity contribution in [2.24, 2.45) is 0 Å². The van der Waals surface area contributed by atoms with Crippen LogP contribution in [0.3, 0.4) is 0 Å². The van der Waals surface area contributed by atoms with E-state index < -0.39 is 39.8 Å². The summed E-state index contributed by atoms with van der Waals surface area (Å²) in [5, 5.41) is 8.20. The molecule has 0 bridgehead atoms. The van der Waals surface area contributed by atoms with Gasteiger partial charge in [0.25, 0.3) is 0 Å². The number of alkyl halides is 7. The van der Waals surface area contributed by atoms with Gasteiger partial charge in [-0.3, -0.25) is 0 Å². The van der Waals surface area contributed by atoms with Gasteiger partial charge in [-0.25, -0.2) is 4.79 Å². The van der Waals surface area contributed by atoms with Crippen LogP contribution in [0.25, 0.3) is 10.1 Å². The van der Waals surface area contributed by atoms with Crippen molar-refractivity contribution in [3.05, 3.63) is 34.7 Å². The summed E-state index contributed by atoms with van der Waals surface area (Å²) in [6, 6.07) is 4.46. The Morgan fingerprint density at radius 3 is 2.05 bits per heavy atom. The Kier molecular flexibility index (Phi) is 3.63. The van der Waals surface area contributed by atoms with E-state index in [1.54, 1.807) is 0 Å². The van der Waals surface area contributed by atoms with Gasteiger partial charge in [-0.1, -0.05) is 18.2 Å². The van der Waals surface area contributed by atoms with Crippen molar-refractivity contribution < 1.29 is 40.6 Å². The van der Waals surface area contributed by atoms with Crippen LogP contribution < -0.4 is 0 Å². The van der Waals surface area contributed by atoms with Crippen LogP contribution in [-0.2, 0) is 5.92 Å². The molecule has 0 amide bonds. The second-order valence-electron chi connectivity index (χ2n) is 4.25. The number of fused-ring (bicyclic) bond motifs is 1. The number of hydrogen-bond donors (Lipinski definition) is 1. The lowest BCUT2D eigenvalue weighted by Crippen LogP contribution is -2.50. The standard InChI is InChI=1S/C12H5F7O2S/c13-10(14,11(15,16)12(17,18)19)7-5-3-1-2-4-6(5)22-8(7)9(20)21/h1-4H,(H,20,21). The minimum atomic E-state index is -6.53. The Bertz CT molecular complexity index is 733. The first kappa shape index (κ1) is 16.5. The lowest BCUT2D eigenvalue weighted by Gasteiger charge is -2.28. The van der Waals surface area contributed by atoms with Crippen molar-refractivity contribution in [1.29, 1.82) is 0 Å². The molecule has 0 saturated carbocycles. The first-order chi connectivity index (χ1) is 9.91. The van der Waals surface area contributed by atoms with Gasteiger partial charge in [0.05, 0.1) is 5.56 Å². The van der Waals surface area contributed by atoms with Gasteiger partial charge in [-0.15, -0.1) is 11.3 Å². The van der Waals surface area contributed by atoms with E-state index in [1.807, 2.05) is 0 Å². The van der Waals surface area contributed by atoms with Crippen LogP contribution in [0.2, 0.25) is 0 Å². The largest absolute Gasteiger partial charge is 0.477 e. The molecule has 1 heterocycles. The molecule has 0 aliphatic rings. The molecule has 2 rings (SSSR count). The Morgan fingerprint density at radius 2 is 1.55 bits per heavy atom. The van der Waals surface area contributed by atoms with Crippen molar-refractivity contribution in [2.75, 3.05) is 0 Å². The second kappa shape index (κ2) is 4.83. The second-order valence-corrected chi connectivity index (χ2v) is 5.31. The van der Waals surface area contributed by atoms with Gasteiger partial charge < -0.3 is 5.11 Å². The van der Waals surface area contributed by atoms with E-state index in [2.05, 4.69) is 0 Å². The summed E-state index contributed by atoms with van der Waals surface area (Å²) in [6.07, 6.45) is -6.53. The number of thiophene rings is 1. The number of benzene rings is 1. The molecule has 1 aromatic heterocycles. The number of aromatic carboxylic acids is 1. The topological polar surface area (TPSA) is 37.3 Å². The molecule has 1 aromatic carbocycles. The fourth-order valence-corrected chi connectivity index (χ4v) is 2.92. The van der Waals surface area contributed by atoms with Gasteiger partial charge in [0.15, 0.2) is 0 Å². The maximum absolute atomic E-state index is 13.9. The van der Waals surface area contributed by atoms with Crippen LogP contribution in [0.1, 0.15) is 15.2 Å².